The van der Waals surface area contributed by atoms with Crippen LogP contribution in [0, 0.1) is 0 Å². The largest absolute Gasteiger partial charge is 0.399 e. The van der Waals surface area contributed by atoms with Crippen LogP contribution in [-0.4, -0.2) is 23.5 Å². The van der Waals surface area contributed by atoms with Gasteiger partial charge in [-0.2, -0.15) is 0 Å². The van der Waals surface area contributed by atoms with Crippen molar-refractivity contribution in [3.63, 3.8) is 0 Å². The van der Waals surface area contributed by atoms with Gasteiger partial charge in [0.2, 0.25) is 0 Å². The number of likely N-dealkylation sites (N-methyl/N-ethyl adjacent to an activating group) is 1. The van der Waals surface area contributed by atoms with E-state index >= 15 is 0 Å². The van der Waals surface area contributed by atoms with E-state index in [0.717, 1.165) is 25.2 Å². The molecule has 0 saturated heterocycles. The van der Waals surface area contributed by atoms with Gasteiger partial charge in [0.25, 0.3) is 0 Å². The fraction of sp³-hybridized carbons (Fsp3) is 0.267. The van der Waals surface area contributed by atoms with Gasteiger partial charge >= 0.3 is 0 Å². The van der Waals surface area contributed by atoms with Gasteiger partial charge in [0, 0.05) is 31.2 Å². The molecule has 3 heteroatoms. The summed E-state index contributed by atoms with van der Waals surface area (Å²) in [5.74, 6) is 0. The molecule has 94 valence electrons. The minimum absolute atomic E-state index is 0.829. The van der Waals surface area contributed by atoms with E-state index in [1.807, 2.05) is 30.6 Å². The second-order valence-electron chi connectivity index (χ2n) is 4.59. The maximum atomic E-state index is 5.77. The van der Waals surface area contributed by atoms with Crippen molar-refractivity contribution < 1.29 is 0 Å². The Morgan fingerprint density at radius 1 is 1.11 bits per heavy atom. The SMILES string of the molecule is CN(CCc1ccncc1)Cc1cccc(N)c1. The van der Waals surface area contributed by atoms with Crippen LogP contribution in [0.2, 0.25) is 0 Å². The molecule has 0 radical (unpaired) electrons. The molecule has 0 spiro atoms. The standard InChI is InChI=1S/C15H19N3/c1-18(10-7-13-5-8-17-9-6-13)12-14-3-2-4-15(16)11-14/h2-6,8-9,11H,7,10,12,16H2,1H3. The normalized spacial score (nSPS) is 10.8. The van der Waals surface area contributed by atoms with Gasteiger partial charge in [-0.1, -0.05) is 12.1 Å². The van der Waals surface area contributed by atoms with E-state index in [4.69, 9.17) is 5.73 Å². The predicted octanol–water partition coefficient (Wildman–Crippen LogP) is 2.34. The molecule has 1 heterocycles. The van der Waals surface area contributed by atoms with E-state index < -0.39 is 0 Å². The Morgan fingerprint density at radius 2 is 1.89 bits per heavy atom. The minimum Gasteiger partial charge on any atom is -0.399 e. The first-order valence-corrected chi connectivity index (χ1v) is 6.16. The second kappa shape index (κ2) is 6.17. The van der Waals surface area contributed by atoms with Crippen molar-refractivity contribution in [3.05, 3.63) is 59.9 Å². The maximum Gasteiger partial charge on any atom is 0.0317 e. The summed E-state index contributed by atoms with van der Waals surface area (Å²) in [4.78, 5) is 6.32. The smallest absolute Gasteiger partial charge is 0.0317 e. The fourth-order valence-corrected chi connectivity index (χ4v) is 1.95. The van der Waals surface area contributed by atoms with Crippen molar-refractivity contribution >= 4 is 5.69 Å². The number of nitrogen functional groups attached to an aromatic ring is 1. The lowest BCUT2D eigenvalue weighted by molar-refractivity contribution is 0.331. The van der Waals surface area contributed by atoms with E-state index in [1.165, 1.54) is 11.1 Å². The fourth-order valence-electron chi connectivity index (χ4n) is 1.95. The number of aromatic nitrogens is 1. The predicted molar refractivity (Wildman–Crippen MR) is 75.1 cm³/mol. The lowest BCUT2D eigenvalue weighted by Crippen LogP contribution is -2.20. The Labute approximate surface area is 108 Å². The molecule has 1 aromatic heterocycles. The summed E-state index contributed by atoms with van der Waals surface area (Å²) in [7, 11) is 2.13. The molecule has 0 aliphatic rings. The van der Waals surface area contributed by atoms with Gasteiger partial charge in [-0.05, 0) is 48.9 Å². The van der Waals surface area contributed by atoms with Gasteiger partial charge in [0.1, 0.15) is 0 Å². The summed E-state index contributed by atoms with van der Waals surface area (Å²) < 4.78 is 0. The van der Waals surface area contributed by atoms with Crippen LogP contribution in [0.25, 0.3) is 0 Å². The summed E-state index contributed by atoms with van der Waals surface area (Å²) in [6.07, 6.45) is 4.72. The van der Waals surface area contributed by atoms with Gasteiger partial charge in [0.05, 0.1) is 0 Å². The molecule has 2 N–H and O–H groups in total. The third-order valence-corrected chi connectivity index (χ3v) is 2.94. The molecule has 0 bridgehead atoms. The lowest BCUT2D eigenvalue weighted by atomic mass is 10.1. The van der Waals surface area contributed by atoms with Crippen molar-refractivity contribution in [1.29, 1.82) is 0 Å². The van der Waals surface area contributed by atoms with Crippen molar-refractivity contribution in [2.45, 2.75) is 13.0 Å². The first kappa shape index (κ1) is 12.6. The van der Waals surface area contributed by atoms with Gasteiger partial charge in [-0.3, -0.25) is 4.98 Å². The lowest BCUT2D eigenvalue weighted by Gasteiger charge is -2.16. The molecule has 0 unspecified atom stereocenters. The van der Waals surface area contributed by atoms with Crippen LogP contribution in [0.5, 0.6) is 0 Å². The Bertz CT molecular complexity index is 482. The highest BCUT2D eigenvalue weighted by Crippen LogP contribution is 2.09. The zero-order valence-corrected chi connectivity index (χ0v) is 10.7. The first-order chi connectivity index (χ1) is 8.74. The minimum atomic E-state index is 0.829. The number of rotatable bonds is 5. The number of pyridine rings is 1. The first-order valence-electron chi connectivity index (χ1n) is 6.16. The average Bonchev–Trinajstić information content (AvgIpc) is 2.38. The third-order valence-electron chi connectivity index (χ3n) is 2.94. The number of hydrogen-bond acceptors (Lipinski definition) is 3. The van der Waals surface area contributed by atoms with Crippen molar-refractivity contribution in [3.8, 4) is 0 Å². The molecule has 2 rings (SSSR count). The Hall–Kier alpha value is -1.87. The summed E-state index contributed by atoms with van der Waals surface area (Å²) in [6.45, 7) is 1.95. The Balaban J connectivity index is 1.84. The summed E-state index contributed by atoms with van der Waals surface area (Å²) in [5, 5.41) is 0. The maximum absolute atomic E-state index is 5.77. The molecule has 1 aromatic carbocycles. The molecule has 2 aromatic rings. The van der Waals surface area contributed by atoms with Gasteiger partial charge in [-0.25, -0.2) is 0 Å². The van der Waals surface area contributed by atoms with Crippen LogP contribution in [-0.2, 0) is 13.0 Å². The zero-order valence-electron chi connectivity index (χ0n) is 10.7. The Morgan fingerprint density at radius 3 is 2.61 bits per heavy atom. The molecular formula is C15H19N3. The summed E-state index contributed by atoms with van der Waals surface area (Å²) in [6, 6.07) is 12.2. The van der Waals surface area contributed by atoms with Crippen LogP contribution in [0.15, 0.2) is 48.8 Å². The quantitative estimate of drug-likeness (QED) is 0.817. The van der Waals surface area contributed by atoms with Gasteiger partial charge in [0.15, 0.2) is 0 Å². The van der Waals surface area contributed by atoms with Gasteiger partial charge in [-0.15, -0.1) is 0 Å². The molecule has 18 heavy (non-hydrogen) atoms. The van der Waals surface area contributed by atoms with Crippen molar-refractivity contribution in [2.75, 3.05) is 19.3 Å². The zero-order chi connectivity index (χ0) is 12.8. The average molecular weight is 241 g/mol. The highest BCUT2D eigenvalue weighted by Gasteiger charge is 2.01. The van der Waals surface area contributed by atoms with E-state index in [0.29, 0.717) is 0 Å². The summed E-state index contributed by atoms with van der Waals surface area (Å²) >= 11 is 0. The second-order valence-corrected chi connectivity index (χ2v) is 4.59. The molecule has 0 saturated carbocycles. The van der Waals surface area contributed by atoms with Crippen molar-refractivity contribution in [1.82, 2.24) is 9.88 Å². The number of hydrogen-bond donors (Lipinski definition) is 1. The van der Waals surface area contributed by atoms with Crippen LogP contribution < -0.4 is 5.73 Å². The molecular weight excluding hydrogens is 222 g/mol. The van der Waals surface area contributed by atoms with E-state index in [-0.39, 0.29) is 0 Å². The highest BCUT2D eigenvalue weighted by molar-refractivity contribution is 5.40. The van der Waals surface area contributed by atoms with E-state index in [1.54, 1.807) is 0 Å². The highest BCUT2D eigenvalue weighted by atomic mass is 15.1. The van der Waals surface area contributed by atoms with Gasteiger partial charge < -0.3 is 10.6 Å². The number of benzene rings is 1. The molecule has 3 nitrogen and oxygen atoms in total. The molecule has 0 aliphatic heterocycles. The monoisotopic (exact) mass is 241 g/mol. The topological polar surface area (TPSA) is 42.2 Å². The molecule has 0 fully saturated rings. The van der Waals surface area contributed by atoms with Crippen LogP contribution in [0.1, 0.15) is 11.1 Å². The van der Waals surface area contributed by atoms with Crippen molar-refractivity contribution in [2.24, 2.45) is 0 Å². The number of nitrogens with zero attached hydrogens (tertiary/aromatic N) is 2. The Kier molecular flexibility index (Phi) is 4.31. The van der Waals surface area contributed by atoms with E-state index in [2.05, 4.69) is 35.1 Å². The third kappa shape index (κ3) is 3.86. The van der Waals surface area contributed by atoms with Crippen LogP contribution in [0.3, 0.4) is 0 Å². The summed E-state index contributed by atoms with van der Waals surface area (Å²) in [5.41, 5.74) is 9.18. The van der Waals surface area contributed by atoms with Crippen LogP contribution in [0.4, 0.5) is 5.69 Å². The molecule has 0 amide bonds. The number of nitrogens with two attached hydrogens (primary N) is 1. The molecule has 0 atom stereocenters. The number of anilines is 1. The van der Waals surface area contributed by atoms with Crippen LogP contribution >= 0.6 is 0 Å². The van der Waals surface area contributed by atoms with E-state index in [9.17, 15) is 0 Å². The molecule has 0 aliphatic carbocycles.